The van der Waals surface area contributed by atoms with Gasteiger partial charge in [0, 0.05) is 22.8 Å². The maximum Gasteiger partial charge on any atom is 0.0878 e. The zero-order valence-electron chi connectivity index (χ0n) is 10.8. The highest BCUT2D eigenvalue weighted by molar-refractivity contribution is 7.07. The lowest BCUT2D eigenvalue weighted by Crippen LogP contribution is -2.10. The third kappa shape index (κ3) is 2.69. The summed E-state index contributed by atoms with van der Waals surface area (Å²) in [7, 11) is 0. The molecule has 0 aliphatic rings. The van der Waals surface area contributed by atoms with Crippen molar-refractivity contribution in [2.24, 2.45) is 0 Å². The summed E-state index contributed by atoms with van der Waals surface area (Å²) in [4.78, 5) is 4.33. The molecular formula is C14H13ClN4S. The Balaban J connectivity index is 1.94. The van der Waals surface area contributed by atoms with Crippen molar-refractivity contribution in [3.8, 4) is 5.69 Å². The van der Waals surface area contributed by atoms with Gasteiger partial charge in [0.15, 0.2) is 0 Å². The topological polar surface area (TPSA) is 42.7 Å². The van der Waals surface area contributed by atoms with Crippen molar-refractivity contribution < 1.29 is 0 Å². The lowest BCUT2D eigenvalue weighted by atomic mass is 10.2. The van der Waals surface area contributed by atoms with Crippen LogP contribution >= 0.6 is 22.9 Å². The molecule has 0 fully saturated rings. The lowest BCUT2D eigenvalue weighted by Gasteiger charge is -2.17. The number of hydrogen-bond donors (Lipinski definition) is 1. The molecule has 3 aromatic rings. The fraction of sp³-hybridized carbons (Fsp3) is 0.143. The van der Waals surface area contributed by atoms with E-state index in [4.69, 9.17) is 11.6 Å². The monoisotopic (exact) mass is 304 g/mol. The first-order valence-electron chi connectivity index (χ1n) is 6.18. The second-order valence-corrected chi connectivity index (χ2v) is 5.55. The van der Waals surface area contributed by atoms with Crippen LogP contribution in [0.5, 0.6) is 0 Å². The summed E-state index contributed by atoms with van der Waals surface area (Å²) in [6.07, 6.45) is 3.66. The van der Waals surface area contributed by atoms with E-state index in [0.717, 1.165) is 17.1 Å². The number of rotatable bonds is 4. The molecule has 2 aromatic heterocycles. The number of benzene rings is 1. The van der Waals surface area contributed by atoms with Crippen molar-refractivity contribution in [3.05, 3.63) is 58.3 Å². The smallest absolute Gasteiger partial charge is 0.0878 e. The highest BCUT2D eigenvalue weighted by Crippen LogP contribution is 2.27. The van der Waals surface area contributed by atoms with Crippen LogP contribution in [-0.4, -0.2) is 14.8 Å². The quantitative estimate of drug-likeness (QED) is 0.787. The van der Waals surface area contributed by atoms with E-state index in [9.17, 15) is 0 Å². The molecule has 0 saturated carbocycles. The fourth-order valence-electron chi connectivity index (χ4n) is 1.98. The minimum Gasteiger partial charge on any atom is -0.375 e. The predicted molar refractivity (Wildman–Crippen MR) is 82.7 cm³/mol. The summed E-state index contributed by atoms with van der Waals surface area (Å²) >= 11 is 7.69. The van der Waals surface area contributed by atoms with E-state index in [-0.39, 0.29) is 6.04 Å². The molecule has 4 nitrogen and oxygen atoms in total. The Morgan fingerprint density at radius 3 is 3.00 bits per heavy atom. The van der Waals surface area contributed by atoms with Crippen molar-refractivity contribution in [2.75, 3.05) is 5.32 Å². The van der Waals surface area contributed by atoms with Gasteiger partial charge in [-0.1, -0.05) is 11.6 Å². The van der Waals surface area contributed by atoms with E-state index in [2.05, 4.69) is 22.3 Å². The van der Waals surface area contributed by atoms with Gasteiger partial charge in [-0.3, -0.25) is 0 Å². The molecular weight excluding hydrogens is 292 g/mol. The van der Waals surface area contributed by atoms with Gasteiger partial charge in [-0.2, -0.15) is 5.10 Å². The number of thiazole rings is 1. The minimum absolute atomic E-state index is 0.106. The molecule has 3 rings (SSSR count). The van der Waals surface area contributed by atoms with Gasteiger partial charge in [-0.25, -0.2) is 9.67 Å². The summed E-state index contributed by atoms with van der Waals surface area (Å²) in [6, 6.07) is 7.71. The molecule has 0 saturated heterocycles. The van der Waals surface area contributed by atoms with Crippen LogP contribution in [0, 0.1) is 0 Å². The van der Waals surface area contributed by atoms with Crippen LogP contribution in [0.25, 0.3) is 5.69 Å². The molecule has 1 aromatic carbocycles. The van der Waals surface area contributed by atoms with Gasteiger partial charge in [0.1, 0.15) is 0 Å². The van der Waals surface area contributed by atoms with Crippen LogP contribution in [0.15, 0.2) is 47.5 Å². The summed E-state index contributed by atoms with van der Waals surface area (Å²) in [5, 5.41) is 10.4. The first kappa shape index (κ1) is 13.1. The Labute approximate surface area is 126 Å². The Hall–Kier alpha value is -1.85. The van der Waals surface area contributed by atoms with Crippen molar-refractivity contribution in [3.63, 3.8) is 0 Å². The number of anilines is 1. The van der Waals surface area contributed by atoms with Crippen molar-refractivity contribution >= 4 is 28.6 Å². The van der Waals surface area contributed by atoms with Gasteiger partial charge in [-0.15, -0.1) is 11.3 Å². The largest absolute Gasteiger partial charge is 0.375 e. The first-order chi connectivity index (χ1) is 9.74. The summed E-state index contributed by atoms with van der Waals surface area (Å²) < 4.78 is 1.81. The highest BCUT2D eigenvalue weighted by atomic mass is 35.5. The van der Waals surface area contributed by atoms with Gasteiger partial charge < -0.3 is 5.32 Å². The fourth-order valence-corrected chi connectivity index (χ4v) is 2.80. The number of nitrogens with one attached hydrogen (secondary N) is 1. The van der Waals surface area contributed by atoms with Crippen LogP contribution in [0.1, 0.15) is 18.7 Å². The van der Waals surface area contributed by atoms with E-state index in [0.29, 0.717) is 5.02 Å². The molecule has 20 heavy (non-hydrogen) atoms. The van der Waals surface area contributed by atoms with Gasteiger partial charge >= 0.3 is 0 Å². The molecule has 1 N–H and O–H groups in total. The second-order valence-electron chi connectivity index (χ2n) is 4.39. The predicted octanol–water partition coefficient (Wildman–Crippen LogP) is 4.16. The van der Waals surface area contributed by atoms with Crippen LogP contribution < -0.4 is 5.32 Å². The third-order valence-electron chi connectivity index (χ3n) is 2.98. The summed E-state index contributed by atoms with van der Waals surface area (Å²) in [5.41, 5.74) is 4.74. The van der Waals surface area contributed by atoms with E-state index in [1.54, 1.807) is 17.5 Å². The normalized spacial score (nSPS) is 12.3. The standard InChI is InChI=1S/C14H13ClN4S/c1-10(13-8-20-9-16-13)18-12-7-11(15)3-4-14(12)19-6-2-5-17-19/h2-10,18H,1H3. The van der Waals surface area contributed by atoms with Crippen LogP contribution in [0.2, 0.25) is 5.02 Å². The zero-order chi connectivity index (χ0) is 13.9. The number of aromatic nitrogens is 3. The second kappa shape index (κ2) is 5.64. The molecule has 0 aliphatic heterocycles. The van der Waals surface area contributed by atoms with E-state index in [1.807, 2.05) is 46.0 Å². The van der Waals surface area contributed by atoms with Crippen LogP contribution in [-0.2, 0) is 0 Å². The van der Waals surface area contributed by atoms with Crippen molar-refractivity contribution in [1.82, 2.24) is 14.8 Å². The van der Waals surface area contributed by atoms with Crippen molar-refractivity contribution in [1.29, 1.82) is 0 Å². The molecule has 0 radical (unpaired) electrons. The van der Waals surface area contributed by atoms with Gasteiger partial charge in [0.2, 0.25) is 0 Å². The average Bonchev–Trinajstić information content (AvgIpc) is 3.12. The van der Waals surface area contributed by atoms with Crippen molar-refractivity contribution in [2.45, 2.75) is 13.0 Å². The molecule has 0 spiro atoms. The van der Waals surface area contributed by atoms with Crippen LogP contribution in [0.4, 0.5) is 5.69 Å². The molecule has 6 heteroatoms. The minimum atomic E-state index is 0.106. The molecule has 1 unspecified atom stereocenters. The third-order valence-corrected chi connectivity index (χ3v) is 3.82. The SMILES string of the molecule is CC(Nc1cc(Cl)ccc1-n1cccn1)c1cscn1. The first-order valence-corrected chi connectivity index (χ1v) is 7.50. The highest BCUT2D eigenvalue weighted by Gasteiger charge is 2.11. The number of halogens is 1. The maximum atomic E-state index is 6.10. The number of nitrogens with zero attached hydrogens (tertiary/aromatic N) is 3. The molecule has 0 amide bonds. The van der Waals surface area contributed by atoms with Crippen LogP contribution in [0.3, 0.4) is 0 Å². The molecule has 1 atom stereocenters. The Kier molecular flexibility index (Phi) is 3.71. The molecule has 2 heterocycles. The Bertz CT molecular complexity index is 679. The van der Waals surface area contributed by atoms with E-state index in [1.165, 1.54) is 0 Å². The molecule has 102 valence electrons. The molecule has 0 bridgehead atoms. The van der Waals surface area contributed by atoms with Gasteiger partial charge in [-0.05, 0) is 31.2 Å². The summed E-state index contributed by atoms with van der Waals surface area (Å²) in [5.74, 6) is 0. The average molecular weight is 305 g/mol. The van der Waals surface area contributed by atoms with Gasteiger partial charge in [0.25, 0.3) is 0 Å². The summed E-state index contributed by atoms with van der Waals surface area (Å²) in [6.45, 7) is 2.07. The zero-order valence-corrected chi connectivity index (χ0v) is 12.4. The maximum absolute atomic E-state index is 6.10. The van der Waals surface area contributed by atoms with E-state index >= 15 is 0 Å². The lowest BCUT2D eigenvalue weighted by molar-refractivity contribution is 0.834. The molecule has 0 aliphatic carbocycles. The van der Waals surface area contributed by atoms with Gasteiger partial charge in [0.05, 0.1) is 28.6 Å². The Morgan fingerprint density at radius 2 is 2.30 bits per heavy atom. The number of hydrogen-bond acceptors (Lipinski definition) is 4. The Morgan fingerprint density at radius 1 is 1.40 bits per heavy atom. The van der Waals surface area contributed by atoms with E-state index < -0.39 is 0 Å².